The highest BCUT2D eigenvalue weighted by Gasteiger charge is 2.27. The third kappa shape index (κ3) is 4.61. The van der Waals surface area contributed by atoms with Gasteiger partial charge in [-0.25, -0.2) is 9.97 Å². The summed E-state index contributed by atoms with van der Waals surface area (Å²) in [5, 5.41) is 15.0. The normalized spacial score (nSPS) is 13.7. The van der Waals surface area contributed by atoms with Gasteiger partial charge in [0.1, 0.15) is 6.33 Å². The van der Waals surface area contributed by atoms with Gasteiger partial charge in [0.15, 0.2) is 0 Å². The van der Waals surface area contributed by atoms with Gasteiger partial charge in [0, 0.05) is 18.8 Å². The molecule has 0 unspecified atom stereocenters. The fourth-order valence-electron chi connectivity index (χ4n) is 3.40. The maximum atomic E-state index is 11.8. The Labute approximate surface area is 159 Å². The second kappa shape index (κ2) is 9.12. The number of hydrogen-bond acceptors (Lipinski definition) is 6. The first kappa shape index (κ1) is 18.8. The molecule has 0 bridgehead atoms. The van der Waals surface area contributed by atoms with E-state index in [2.05, 4.69) is 21.4 Å². The summed E-state index contributed by atoms with van der Waals surface area (Å²) in [6, 6.07) is 9.55. The smallest absolute Gasteiger partial charge is 0.353 e. The van der Waals surface area contributed by atoms with Crippen molar-refractivity contribution in [2.45, 2.75) is 39.0 Å². The molecule has 1 aliphatic carbocycles. The largest absolute Gasteiger partial charge is 0.364 e. The Morgan fingerprint density at radius 1 is 1.22 bits per heavy atom. The molecule has 0 spiro atoms. The van der Waals surface area contributed by atoms with Gasteiger partial charge < -0.3 is 10.2 Å². The number of nitrogens with zero attached hydrogens (tertiary/aromatic N) is 4. The lowest BCUT2D eigenvalue weighted by Crippen LogP contribution is -2.20. The standard InChI is InChI=1S/C20H25N5O2/c1-2-24(17-11-7-4-8-12-17)20-18(25(26)27)19(22-15-23-20)21-14-13-16-9-5-3-6-10-16/h4,7-9,11-12,15H,2-3,5-6,10,13-14H2,1H3,(H,21,22,23). The number of hydrogen-bond donors (Lipinski definition) is 1. The van der Waals surface area contributed by atoms with Crippen LogP contribution < -0.4 is 10.2 Å². The van der Waals surface area contributed by atoms with Crippen LogP contribution >= 0.6 is 0 Å². The first-order chi connectivity index (χ1) is 13.2. The lowest BCUT2D eigenvalue weighted by atomic mass is 9.97. The van der Waals surface area contributed by atoms with Crippen molar-refractivity contribution in [2.75, 3.05) is 23.3 Å². The molecule has 1 heterocycles. The Morgan fingerprint density at radius 3 is 2.70 bits per heavy atom. The van der Waals surface area contributed by atoms with Crippen LogP contribution in [0.5, 0.6) is 0 Å². The SMILES string of the molecule is CCN(c1ccccc1)c1ncnc(NCCC2=CCCCC2)c1[N+](=O)[O-]. The van der Waals surface area contributed by atoms with Crippen LogP contribution in [0, 0.1) is 10.1 Å². The third-order valence-electron chi connectivity index (χ3n) is 4.75. The van der Waals surface area contributed by atoms with Crippen LogP contribution in [0.3, 0.4) is 0 Å². The number of nitrogens with one attached hydrogen (secondary N) is 1. The summed E-state index contributed by atoms with van der Waals surface area (Å²) < 4.78 is 0. The summed E-state index contributed by atoms with van der Waals surface area (Å²) in [6.07, 6.45) is 9.30. The van der Waals surface area contributed by atoms with E-state index in [0.29, 0.717) is 18.9 Å². The number of nitro groups is 1. The van der Waals surface area contributed by atoms with E-state index in [0.717, 1.165) is 24.9 Å². The number of aromatic nitrogens is 2. The fraction of sp³-hybridized carbons (Fsp3) is 0.400. The van der Waals surface area contributed by atoms with E-state index in [-0.39, 0.29) is 11.5 Å². The molecule has 1 aliphatic rings. The minimum absolute atomic E-state index is 0.0826. The quantitative estimate of drug-likeness (QED) is 0.408. The van der Waals surface area contributed by atoms with Crippen LogP contribution in [0.2, 0.25) is 0 Å². The summed E-state index contributed by atoms with van der Waals surface area (Å²) in [5.74, 6) is 0.582. The summed E-state index contributed by atoms with van der Waals surface area (Å²) in [5.41, 5.74) is 2.20. The number of allylic oxidation sites excluding steroid dienone is 1. The molecule has 0 fully saturated rings. The maximum absolute atomic E-state index is 11.8. The average molecular weight is 367 g/mol. The maximum Gasteiger partial charge on any atom is 0.353 e. The molecule has 0 radical (unpaired) electrons. The molecule has 7 nitrogen and oxygen atoms in total. The predicted molar refractivity (Wildman–Crippen MR) is 107 cm³/mol. The molecule has 3 rings (SSSR count). The Hall–Kier alpha value is -2.96. The molecule has 0 atom stereocenters. The summed E-state index contributed by atoms with van der Waals surface area (Å²) in [6.45, 7) is 3.14. The van der Waals surface area contributed by atoms with Crippen LogP contribution in [0.15, 0.2) is 48.3 Å². The number of anilines is 3. The molecule has 142 valence electrons. The van der Waals surface area contributed by atoms with Crippen LogP contribution in [0.4, 0.5) is 23.0 Å². The van der Waals surface area contributed by atoms with E-state index in [4.69, 9.17) is 0 Å². The number of benzene rings is 1. The monoisotopic (exact) mass is 367 g/mol. The molecule has 7 heteroatoms. The Bertz CT molecular complexity index is 807. The van der Waals surface area contributed by atoms with Gasteiger partial charge in [-0.15, -0.1) is 0 Å². The lowest BCUT2D eigenvalue weighted by molar-refractivity contribution is -0.383. The zero-order valence-electron chi connectivity index (χ0n) is 15.6. The molecule has 1 aromatic carbocycles. The Kier molecular flexibility index (Phi) is 6.35. The minimum atomic E-state index is -0.400. The number of para-hydroxylation sites is 1. The van der Waals surface area contributed by atoms with Gasteiger partial charge in [-0.2, -0.15) is 0 Å². The lowest BCUT2D eigenvalue weighted by Gasteiger charge is -2.22. The van der Waals surface area contributed by atoms with E-state index in [1.807, 2.05) is 42.2 Å². The highest BCUT2D eigenvalue weighted by atomic mass is 16.6. The van der Waals surface area contributed by atoms with E-state index in [1.54, 1.807) is 0 Å². The van der Waals surface area contributed by atoms with E-state index < -0.39 is 4.92 Å². The Balaban J connectivity index is 1.83. The van der Waals surface area contributed by atoms with Crippen molar-refractivity contribution in [3.8, 4) is 0 Å². The first-order valence-electron chi connectivity index (χ1n) is 9.44. The topological polar surface area (TPSA) is 84.2 Å². The van der Waals surface area contributed by atoms with Crippen LogP contribution in [0.1, 0.15) is 39.0 Å². The van der Waals surface area contributed by atoms with Crippen LogP contribution in [-0.2, 0) is 0 Å². The zero-order valence-corrected chi connectivity index (χ0v) is 15.6. The van der Waals surface area contributed by atoms with Crippen LogP contribution in [-0.4, -0.2) is 28.0 Å². The molecule has 1 aromatic heterocycles. The van der Waals surface area contributed by atoms with Crippen molar-refractivity contribution >= 4 is 23.0 Å². The van der Waals surface area contributed by atoms with Crippen molar-refractivity contribution in [1.29, 1.82) is 0 Å². The first-order valence-corrected chi connectivity index (χ1v) is 9.44. The van der Waals surface area contributed by atoms with Gasteiger partial charge >= 0.3 is 5.69 Å². The molecule has 0 amide bonds. The second-order valence-corrected chi connectivity index (χ2v) is 6.52. The molecule has 1 N–H and O–H groups in total. The summed E-state index contributed by atoms with van der Waals surface area (Å²) in [7, 11) is 0. The van der Waals surface area contributed by atoms with Crippen molar-refractivity contribution in [3.63, 3.8) is 0 Å². The Morgan fingerprint density at radius 2 is 2.04 bits per heavy atom. The highest BCUT2D eigenvalue weighted by molar-refractivity contribution is 5.75. The van der Waals surface area contributed by atoms with Crippen molar-refractivity contribution in [3.05, 3.63) is 58.4 Å². The summed E-state index contributed by atoms with van der Waals surface area (Å²) >= 11 is 0. The predicted octanol–water partition coefficient (Wildman–Crippen LogP) is 4.85. The number of rotatable bonds is 8. The second-order valence-electron chi connectivity index (χ2n) is 6.52. The van der Waals surface area contributed by atoms with Gasteiger partial charge in [0.25, 0.3) is 0 Å². The molecule has 0 saturated carbocycles. The minimum Gasteiger partial charge on any atom is -0.364 e. The molecule has 0 aliphatic heterocycles. The van der Waals surface area contributed by atoms with Gasteiger partial charge in [-0.3, -0.25) is 10.1 Å². The molecule has 2 aromatic rings. The third-order valence-corrected chi connectivity index (χ3v) is 4.75. The fourth-order valence-corrected chi connectivity index (χ4v) is 3.40. The average Bonchev–Trinajstić information content (AvgIpc) is 2.70. The van der Waals surface area contributed by atoms with E-state index in [1.165, 1.54) is 24.7 Å². The van der Waals surface area contributed by atoms with Gasteiger partial charge in [0.05, 0.1) is 4.92 Å². The van der Waals surface area contributed by atoms with Crippen molar-refractivity contribution in [1.82, 2.24) is 9.97 Å². The van der Waals surface area contributed by atoms with Crippen molar-refractivity contribution in [2.24, 2.45) is 0 Å². The molecule has 0 saturated heterocycles. The van der Waals surface area contributed by atoms with Crippen molar-refractivity contribution < 1.29 is 4.92 Å². The van der Waals surface area contributed by atoms with E-state index >= 15 is 0 Å². The van der Waals surface area contributed by atoms with E-state index in [9.17, 15) is 10.1 Å². The zero-order chi connectivity index (χ0) is 19.1. The van der Waals surface area contributed by atoms with Gasteiger partial charge in [0.2, 0.25) is 11.6 Å². The summed E-state index contributed by atoms with van der Waals surface area (Å²) in [4.78, 5) is 21.6. The van der Waals surface area contributed by atoms with Crippen LogP contribution in [0.25, 0.3) is 0 Å². The molecular weight excluding hydrogens is 342 g/mol. The van der Waals surface area contributed by atoms with Gasteiger partial charge in [-0.1, -0.05) is 29.8 Å². The molecular formula is C20H25N5O2. The van der Waals surface area contributed by atoms with Gasteiger partial charge in [-0.05, 0) is 51.2 Å². The highest BCUT2D eigenvalue weighted by Crippen LogP contribution is 2.35. The molecule has 27 heavy (non-hydrogen) atoms.